The normalized spacial score (nSPS) is 18.5. The molecule has 31 heavy (non-hydrogen) atoms. The number of thiazole rings is 1. The number of hydrogen-bond acceptors (Lipinski definition) is 9. The highest BCUT2D eigenvalue weighted by Crippen LogP contribution is 2.25. The number of non-ortho nitro benzene ring substituents is 1. The second-order valence-electron chi connectivity index (χ2n) is 7.46. The van der Waals surface area contributed by atoms with Crippen LogP contribution in [0, 0.1) is 10.1 Å². The van der Waals surface area contributed by atoms with Crippen LogP contribution in [0.1, 0.15) is 22.5 Å². The van der Waals surface area contributed by atoms with Crippen molar-refractivity contribution in [3.05, 3.63) is 51.0 Å². The summed E-state index contributed by atoms with van der Waals surface area (Å²) in [6.45, 7) is 1.84. The number of carbonyl (C=O) groups is 2. The number of aliphatic hydroxyl groups excluding tert-OH is 1. The van der Waals surface area contributed by atoms with Crippen LogP contribution >= 0.6 is 11.3 Å². The molecule has 0 unspecified atom stereocenters. The number of nitrogens with zero attached hydrogens (tertiary/aromatic N) is 4. The summed E-state index contributed by atoms with van der Waals surface area (Å²) in [6.07, 6.45) is -0.235. The van der Waals surface area contributed by atoms with Crippen LogP contribution in [0.3, 0.4) is 0 Å². The van der Waals surface area contributed by atoms with Crippen molar-refractivity contribution in [2.24, 2.45) is 0 Å². The lowest BCUT2D eigenvalue weighted by molar-refractivity contribution is -0.384. The Morgan fingerprint density at radius 3 is 2.71 bits per heavy atom. The van der Waals surface area contributed by atoms with E-state index in [1.54, 1.807) is 17.5 Å². The molecular formula is C19H21N5O6S. The molecule has 1 aromatic carbocycles. The molecule has 0 spiro atoms. The minimum atomic E-state index is -0.498. The molecule has 0 radical (unpaired) electrons. The molecule has 11 nitrogen and oxygen atoms in total. The number of nitrogens with one attached hydrogen (secondary N) is 1. The number of nitro benzene ring substituents is 1. The Balaban J connectivity index is 1.22. The highest BCUT2D eigenvalue weighted by atomic mass is 32.1. The number of benzene rings is 1. The molecule has 2 aliphatic heterocycles. The zero-order valence-corrected chi connectivity index (χ0v) is 17.3. The van der Waals surface area contributed by atoms with E-state index >= 15 is 0 Å². The summed E-state index contributed by atoms with van der Waals surface area (Å²) in [6, 6.07) is 5.61. The molecule has 2 N–H and O–H groups in total. The molecule has 2 fully saturated rings. The van der Waals surface area contributed by atoms with Gasteiger partial charge in [0, 0.05) is 49.7 Å². The molecule has 0 aliphatic carbocycles. The van der Waals surface area contributed by atoms with E-state index in [0.29, 0.717) is 49.0 Å². The van der Waals surface area contributed by atoms with Gasteiger partial charge >= 0.3 is 6.09 Å². The Labute approximate surface area is 181 Å². The molecular weight excluding hydrogens is 426 g/mol. The molecule has 1 aromatic heterocycles. The lowest BCUT2D eigenvalue weighted by Crippen LogP contribution is -2.50. The Morgan fingerprint density at radius 2 is 2.03 bits per heavy atom. The highest BCUT2D eigenvalue weighted by Gasteiger charge is 2.30. The SMILES string of the molecule is O=C(N[C@H]1CCN(C(=O)OCc2ccc([N+](=O)[O-])cc2)C1)c1csc(N2CC(O)C2)n1. The van der Waals surface area contributed by atoms with Gasteiger partial charge in [-0.15, -0.1) is 11.3 Å². The number of nitro groups is 1. The molecule has 2 aromatic rings. The number of hydrogen-bond donors (Lipinski definition) is 2. The molecule has 12 heteroatoms. The first-order chi connectivity index (χ1) is 14.9. The van der Waals surface area contributed by atoms with Crippen molar-refractivity contribution in [1.82, 2.24) is 15.2 Å². The minimum Gasteiger partial charge on any atom is -0.445 e. The van der Waals surface area contributed by atoms with Gasteiger partial charge in [-0.05, 0) is 24.1 Å². The number of aliphatic hydroxyl groups is 1. The van der Waals surface area contributed by atoms with Gasteiger partial charge in [-0.1, -0.05) is 0 Å². The van der Waals surface area contributed by atoms with Crippen molar-refractivity contribution in [2.45, 2.75) is 25.2 Å². The average Bonchev–Trinajstić information content (AvgIpc) is 3.40. The van der Waals surface area contributed by atoms with Gasteiger partial charge < -0.3 is 25.0 Å². The van der Waals surface area contributed by atoms with Crippen LogP contribution in [0.4, 0.5) is 15.6 Å². The van der Waals surface area contributed by atoms with E-state index < -0.39 is 11.0 Å². The lowest BCUT2D eigenvalue weighted by atomic mass is 10.2. The largest absolute Gasteiger partial charge is 0.445 e. The summed E-state index contributed by atoms with van der Waals surface area (Å²) < 4.78 is 5.28. The predicted octanol–water partition coefficient (Wildman–Crippen LogP) is 1.37. The van der Waals surface area contributed by atoms with Crippen LogP contribution < -0.4 is 10.2 Å². The predicted molar refractivity (Wildman–Crippen MR) is 111 cm³/mol. The molecule has 2 amide bonds. The van der Waals surface area contributed by atoms with Crippen LogP contribution in [0.25, 0.3) is 0 Å². The van der Waals surface area contributed by atoms with Gasteiger partial charge in [0.1, 0.15) is 12.3 Å². The monoisotopic (exact) mass is 447 g/mol. The number of carbonyl (C=O) groups excluding carboxylic acids is 2. The first-order valence-corrected chi connectivity index (χ1v) is 10.6. The van der Waals surface area contributed by atoms with E-state index in [-0.39, 0.29) is 30.3 Å². The number of β-amino-alcohol motifs (C(OH)–C–C–N with tert-alkyl or cyclic N) is 1. The topological polar surface area (TPSA) is 138 Å². The summed E-state index contributed by atoms with van der Waals surface area (Å²) in [5, 5.41) is 25.3. The van der Waals surface area contributed by atoms with E-state index in [9.17, 15) is 24.8 Å². The fourth-order valence-corrected chi connectivity index (χ4v) is 4.20. The first-order valence-electron chi connectivity index (χ1n) is 9.73. The zero-order chi connectivity index (χ0) is 22.0. The van der Waals surface area contributed by atoms with Gasteiger partial charge in [-0.25, -0.2) is 9.78 Å². The molecule has 0 saturated carbocycles. The van der Waals surface area contributed by atoms with E-state index in [4.69, 9.17) is 4.74 Å². The third-order valence-electron chi connectivity index (χ3n) is 5.15. The zero-order valence-electron chi connectivity index (χ0n) is 16.5. The molecule has 3 heterocycles. The lowest BCUT2D eigenvalue weighted by Gasteiger charge is -2.35. The summed E-state index contributed by atoms with van der Waals surface area (Å²) in [5.74, 6) is -0.297. The summed E-state index contributed by atoms with van der Waals surface area (Å²) in [7, 11) is 0. The van der Waals surface area contributed by atoms with Gasteiger partial charge in [0.15, 0.2) is 5.13 Å². The van der Waals surface area contributed by atoms with E-state index in [1.165, 1.54) is 28.4 Å². The van der Waals surface area contributed by atoms with Crippen LogP contribution in [0.15, 0.2) is 29.6 Å². The average molecular weight is 447 g/mol. The van der Waals surface area contributed by atoms with E-state index in [1.807, 2.05) is 4.90 Å². The molecule has 1 atom stereocenters. The van der Waals surface area contributed by atoms with Gasteiger partial charge in [0.2, 0.25) is 0 Å². The van der Waals surface area contributed by atoms with Crippen molar-refractivity contribution in [2.75, 3.05) is 31.1 Å². The van der Waals surface area contributed by atoms with Crippen LogP contribution in [-0.2, 0) is 11.3 Å². The first kappa shape index (κ1) is 21.0. The van der Waals surface area contributed by atoms with Gasteiger partial charge in [0.25, 0.3) is 11.6 Å². The smallest absolute Gasteiger partial charge is 0.410 e. The quantitative estimate of drug-likeness (QED) is 0.500. The fourth-order valence-electron chi connectivity index (χ4n) is 3.38. The molecule has 2 aliphatic rings. The Morgan fingerprint density at radius 1 is 1.29 bits per heavy atom. The van der Waals surface area contributed by atoms with Crippen molar-refractivity contribution < 1.29 is 24.4 Å². The van der Waals surface area contributed by atoms with Crippen molar-refractivity contribution >= 4 is 34.2 Å². The van der Waals surface area contributed by atoms with Crippen molar-refractivity contribution in [1.29, 1.82) is 0 Å². The number of rotatable bonds is 6. The number of ether oxygens (including phenoxy) is 1. The second-order valence-corrected chi connectivity index (χ2v) is 8.29. The van der Waals surface area contributed by atoms with Gasteiger partial charge in [-0.2, -0.15) is 0 Å². The molecule has 164 valence electrons. The maximum atomic E-state index is 12.5. The summed E-state index contributed by atoms with van der Waals surface area (Å²) in [4.78, 5) is 42.7. The van der Waals surface area contributed by atoms with E-state index in [0.717, 1.165) is 0 Å². The molecule has 2 saturated heterocycles. The van der Waals surface area contributed by atoms with Gasteiger partial charge in [0.05, 0.1) is 11.0 Å². The van der Waals surface area contributed by atoms with Gasteiger partial charge in [-0.3, -0.25) is 14.9 Å². The summed E-state index contributed by atoms with van der Waals surface area (Å²) >= 11 is 1.36. The Bertz CT molecular complexity index is 974. The number of aromatic nitrogens is 1. The van der Waals surface area contributed by atoms with Crippen LogP contribution in [0.2, 0.25) is 0 Å². The number of amides is 2. The third kappa shape index (κ3) is 4.91. The molecule has 4 rings (SSSR count). The van der Waals surface area contributed by atoms with Crippen LogP contribution in [-0.4, -0.2) is 70.2 Å². The third-order valence-corrected chi connectivity index (χ3v) is 6.05. The highest BCUT2D eigenvalue weighted by molar-refractivity contribution is 7.14. The Hall–Kier alpha value is -3.25. The van der Waals surface area contributed by atoms with Crippen molar-refractivity contribution in [3.8, 4) is 0 Å². The van der Waals surface area contributed by atoms with Crippen molar-refractivity contribution in [3.63, 3.8) is 0 Å². The Kier molecular flexibility index (Phi) is 6.00. The number of anilines is 1. The number of likely N-dealkylation sites (tertiary alicyclic amines) is 1. The maximum Gasteiger partial charge on any atom is 0.410 e. The maximum absolute atomic E-state index is 12.5. The summed E-state index contributed by atoms with van der Waals surface area (Å²) in [5.41, 5.74) is 0.945. The van der Waals surface area contributed by atoms with Crippen LogP contribution in [0.5, 0.6) is 0 Å². The standard InChI is InChI=1S/C19H21N5O6S/c25-15-8-23(9-15)18-21-16(11-31-18)17(26)20-13-5-6-22(7-13)19(27)30-10-12-1-3-14(4-2-12)24(28)29/h1-4,11,13,15,25H,5-10H2,(H,20,26)/t13-/m0/s1. The second kappa shape index (κ2) is 8.86. The van der Waals surface area contributed by atoms with E-state index in [2.05, 4.69) is 10.3 Å². The fraction of sp³-hybridized carbons (Fsp3) is 0.421. The molecule has 0 bridgehead atoms. The minimum absolute atomic E-state index is 0.0111.